The van der Waals surface area contributed by atoms with Gasteiger partial charge in [-0.3, -0.25) is 0 Å². The molecule has 15 heteroatoms. The monoisotopic (exact) mass is 774 g/mol. The molecule has 55 heavy (non-hydrogen) atoms. The van der Waals surface area contributed by atoms with Gasteiger partial charge in [-0.05, 0) is 45.8 Å². The molecule has 2 saturated heterocycles. The summed E-state index contributed by atoms with van der Waals surface area (Å²) >= 11 is 0.754. The molecule has 6 N–H and O–H groups in total. The van der Waals surface area contributed by atoms with Crippen LogP contribution in [-0.4, -0.2) is 104 Å². The Morgan fingerprint density at radius 1 is 0.545 bits per heavy atom. The fourth-order valence-corrected chi connectivity index (χ4v) is 8.56. The van der Waals surface area contributed by atoms with Crippen molar-refractivity contribution >= 4 is 55.2 Å². The molecule has 4 aromatic carbocycles. The third kappa shape index (κ3) is 7.18. The molecule has 288 valence electrons. The van der Waals surface area contributed by atoms with Crippen molar-refractivity contribution in [3.63, 3.8) is 0 Å². The Kier molecular flexibility index (Phi) is 10.8. The van der Waals surface area contributed by atoms with Gasteiger partial charge in [-0.25, -0.2) is 9.59 Å². The van der Waals surface area contributed by atoms with E-state index in [1.807, 2.05) is 60.7 Å². The first-order chi connectivity index (χ1) is 26.6. The molecule has 2 aliphatic heterocycles. The van der Waals surface area contributed by atoms with Crippen LogP contribution in [0.5, 0.6) is 0 Å². The molecule has 10 atom stereocenters. The van der Waals surface area contributed by atoms with E-state index in [1.165, 1.54) is 0 Å². The highest BCUT2D eigenvalue weighted by molar-refractivity contribution is 8.00. The minimum atomic E-state index is -1.59. The molecule has 0 bridgehead atoms. The summed E-state index contributed by atoms with van der Waals surface area (Å²) in [6, 6.07) is 25.5. The van der Waals surface area contributed by atoms with Crippen molar-refractivity contribution < 1.29 is 58.4 Å². The number of ether oxygens (including phenoxy) is 4. The lowest BCUT2D eigenvalue weighted by molar-refractivity contribution is -0.231. The van der Waals surface area contributed by atoms with Crippen LogP contribution in [-0.2, 0) is 32.2 Å². The zero-order chi connectivity index (χ0) is 38.4. The second-order valence-corrected chi connectivity index (χ2v) is 14.8. The second kappa shape index (κ2) is 15.7. The van der Waals surface area contributed by atoms with Crippen LogP contribution in [0.4, 0.5) is 0 Å². The summed E-state index contributed by atoms with van der Waals surface area (Å²) < 4.78 is 34.6. The molecule has 2 aromatic heterocycles. The topological polar surface area (TPSA) is 219 Å². The van der Waals surface area contributed by atoms with Crippen LogP contribution in [0.25, 0.3) is 43.5 Å². The first-order valence-corrected chi connectivity index (χ1v) is 18.6. The van der Waals surface area contributed by atoms with Crippen LogP contribution in [0.2, 0.25) is 0 Å². The van der Waals surface area contributed by atoms with Crippen molar-refractivity contribution in [3.05, 3.63) is 117 Å². The molecular weight excluding hydrogens is 736 g/mol. The highest BCUT2D eigenvalue weighted by Crippen LogP contribution is 2.38. The lowest BCUT2D eigenvalue weighted by atomic mass is 9.99. The van der Waals surface area contributed by atoms with Crippen molar-refractivity contribution in [2.45, 2.75) is 72.9 Å². The second-order valence-electron chi connectivity index (χ2n) is 13.6. The van der Waals surface area contributed by atoms with Gasteiger partial charge in [0.1, 0.15) is 70.9 Å². The van der Waals surface area contributed by atoms with Gasteiger partial charge in [-0.15, -0.1) is 0 Å². The number of rotatable bonds is 10. The predicted molar refractivity (Wildman–Crippen MR) is 200 cm³/mol. The van der Waals surface area contributed by atoms with Crippen LogP contribution < -0.4 is 11.3 Å². The molecule has 0 unspecified atom stereocenters. The summed E-state index contributed by atoms with van der Waals surface area (Å²) in [6.45, 7) is -2.08. The maximum Gasteiger partial charge on any atom is 0.341 e. The molecule has 2 aliphatic rings. The van der Waals surface area contributed by atoms with Crippen molar-refractivity contribution in [3.8, 4) is 0 Å². The van der Waals surface area contributed by atoms with Crippen LogP contribution in [0.1, 0.15) is 11.1 Å². The predicted octanol–water partition coefficient (Wildman–Crippen LogP) is 2.29. The minimum absolute atomic E-state index is 0.124. The third-order valence-corrected chi connectivity index (χ3v) is 11.5. The van der Waals surface area contributed by atoms with Crippen molar-refractivity contribution in [2.75, 3.05) is 13.2 Å². The Balaban J connectivity index is 0.998. The van der Waals surface area contributed by atoms with Crippen molar-refractivity contribution in [1.29, 1.82) is 0 Å². The number of aliphatic hydroxyl groups excluding tert-OH is 6. The normalized spacial score (nSPS) is 28.7. The molecule has 4 heterocycles. The average molecular weight is 775 g/mol. The number of benzene rings is 4. The van der Waals surface area contributed by atoms with E-state index in [1.54, 1.807) is 24.3 Å². The lowest BCUT2D eigenvalue weighted by Crippen LogP contribution is -2.61. The molecular formula is C40H38O14S. The van der Waals surface area contributed by atoms with Crippen LogP contribution >= 0.6 is 11.8 Å². The number of thioether (sulfide) groups is 1. The molecule has 6 aromatic rings. The molecule has 8 rings (SSSR count). The molecule has 2 fully saturated rings. The molecule has 14 nitrogen and oxygen atoms in total. The van der Waals surface area contributed by atoms with Gasteiger partial charge in [-0.2, -0.15) is 0 Å². The van der Waals surface area contributed by atoms with E-state index in [9.17, 15) is 40.2 Å². The largest absolute Gasteiger partial charge is 0.422 e. The summed E-state index contributed by atoms with van der Waals surface area (Å²) in [5.74, 6) is 0. The maximum atomic E-state index is 12.9. The van der Waals surface area contributed by atoms with E-state index >= 15 is 0 Å². The summed E-state index contributed by atoms with van der Waals surface area (Å²) in [7, 11) is 0. The standard InChI is InChI=1S/C40H38O14S/c41-15-29-31(43)35(49-17-21-13-25-23-7-3-1-5-19(23)9-11-27(25)51-37(21)47)33(45)39(53-29)55-40-34(46)36(32(44)30(16-42)54-40)50-18-22-14-26-24-8-4-2-6-20(24)10-12-28(26)52-38(22)48/h1-14,29-36,39-46H,15-18H2/t29-,30-,31+,32+,33-,34-,35+,36+,39+,40+/m1/s1. The average Bonchev–Trinajstić information content (AvgIpc) is 3.19. The zero-order valence-electron chi connectivity index (χ0n) is 29.0. The van der Waals surface area contributed by atoms with E-state index in [0.717, 1.165) is 33.3 Å². The highest BCUT2D eigenvalue weighted by Gasteiger charge is 2.51. The quantitative estimate of drug-likeness (QED) is 0.0869. The van der Waals surface area contributed by atoms with E-state index in [0.29, 0.717) is 21.9 Å². The van der Waals surface area contributed by atoms with Gasteiger partial charge in [0.05, 0.1) is 37.6 Å². The highest BCUT2D eigenvalue weighted by atomic mass is 32.2. The van der Waals surface area contributed by atoms with Crippen molar-refractivity contribution in [1.82, 2.24) is 0 Å². The van der Waals surface area contributed by atoms with Crippen LogP contribution in [0.3, 0.4) is 0 Å². The molecule has 0 spiro atoms. The van der Waals surface area contributed by atoms with Gasteiger partial charge >= 0.3 is 11.3 Å². The zero-order valence-corrected chi connectivity index (χ0v) is 29.9. The van der Waals surface area contributed by atoms with Crippen LogP contribution in [0, 0.1) is 0 Å². The van der Waals surface area contributed by atoms with E-state index in [-0.39, 0.29) is 24.3 Å². The summed E-state index contributed by atoms with van der Waals surface area (Å²) in [6.07, 6.45) is -11.5. The fraction of sp³-hybridized carbons (Fsp3) is 0.350. The number of hydrogen-bond donors (Lipinski definition) is 6. The number of fused-ring (bicyclic) bond motifs is 6. The van der Waals surface area contributed by atoms with Gasteiger partial charge in [-0.1, -0.05) is 72.4 Å². The molecule has 0 saturated carbocycles. The smallest absolute Gasteiger partial charge is 0.341 e. The fourth-order valence-electron chi connectivity index (χ4n) is 7.25. The summed E-state index contributed by atoms with van der Waals surface area (Å²) in [5, 5.41) is 70.0. The van der Waals surface area contributed by atoms with Crippen LogP contribution in [0.15, 0.2) is 103 Å². The minimum Gasteiger partial charge on any atom is -0.422 e. The molecule has 0 amide bonds. The van der Waals surface area contributed by atoms with E-state index in [4.69, 9.17) is 27.8 Å². The molecule has 0 aliphatic carbocycles. The first kappa shape index (κ1) is 37.7. The SMILES string of the molecule is O=c1oc2ccc3ccccc3c2cc1CO[C@H]1[C@@H](O)[C@@H](CO)O[C@@H](S[C@@H]2O[C@H](CO)[C@H](O)[C@H](OCc3cc4c(ccc5ccccc54)oc3=O)[C@H]2O)[C@@H]1O. The number of hydrogen-bond acceptors (Lipinski definition) is 15. The Labute approximate surface area is 316 Å². The van der Waals surface area contributed by atoms with E-state index < -0.39 is 84.2 Å². The Bertz CT molecular complexity index is 2280. The van der Waals surface area contributed by atoms with Crippen molar-refractivity contribution in [2.24, 2.45) is 0 Å². The molecule has 0 radical (unpaired) electrons. The lowest BCUT2D eigenvalue weighted by Gasteiger charge is -2.46. The Hall–Kier alpha value is -4.23. The third-order valence-electron chi connectivity index (χ3n) is 10.2. The summed E-state index contributed by atoms with van der Waals surface area (Å²) in [5.41, 5.74) is -2.92. The van der Waals surface area contributed by atoms with Gasteiger partial charge in [0.15, 0.2) is 0 Å². The maximum absolute atomic E-state index is 12.9. The first-order valence-electron chi connectivity index (χ1n) is 17.7. The number of aliphatic hydroxyl groups is 6. The summed E-state index contributed by atoms with van der Waals surface area (Å²) in [4.78, 5) is 25.8. The van der Waals surface area contributed by atoms with Gasteiger partial charge in [0, 0.05) is 10.8 Å². The Morgan fingerprint density at radius 2 is 0.964 bits per heavy atom. The van der Waals surface area contributed by atoms with Gasteiger partial charge < -0.3 is 58.4 Å². The Morgan fingerprint density at radius 3 is 1.38 bits per heavy atom. The van der Waals surface area contributed by atoms with E-state index in [2.05, 4.69) is 0 Å². The van der Waals surface area contributed by atoms with Gasteiger partial charge in [0.25, 0.3) is 0 Å². The van der Waals surface area contributed by atoms with Gasteiger partial charge in [0.2, 0.25) is 0 Å².